The molecule has 0 aliphatic carbocycles. The van der Waals surface area contributed by atoms with E-state index in [4.69, 9.17) is 5.11 Å². The molecule has 3 aliphatic heterocycles. The summed E-state index contributed by atoms with van der Waals surface area (Å²) in [6.45, 7) is 5.05. The van der Waals surface area contributed by atoms with Gasteiger partial charge in [-0.2, -0.15) is 5.10 Å². The Balaban J connectivity index is 1.25. The zero-order valence-corrected chi connectivity index (χ0v) is 19.9. The topological polar surface area (TPSA) is 111 Å². The number of aromatic nitrogens is 2. The van der Waals surface area contributed by atoms with Gasteiger partial charge >= 0.3 is 6.09 Å². The van der Waals surface area contributed by atoms with Gasteiger partial charge in [0.2, 0.25) is 11.8 Å². The molecule has 3 amide bonds. The maximum Gasteiger partial charge on any atom is 0.407 e. The van der Waals surface area contributed by atoms with Crippen LogP contribution in [0.25, 0.3) is 10.9 Å². The SMILES string of the molecule is Cn1nc(C2CCC(=O)NC2=O)c2ccc(N3CCC(CN4CCN(C(=O)O)CC4)CC3)c(F)c21. The Kier molecular flexibility index (Phi) is 6.35. The van der Waals surface area contributed by atoms with Crippen LogP contribution in [0.1, 0.15) is 37.3 Å². The van der Waals surface area contributed by atoms with Crippen LogP contribution in [0.2, 0.25) is 0 Å². The quantitative estimate of drug-likeness (QED) is 0.634. The summed E-state index contributed by atoms with van der Waals surface area (Å²) >= 11 is 0. The van der Waals surface area contributed by atoms with E-state index in [9.17, 15) is 14.4 Å². The van der Waals surface area contributed by atoms with Gasteiger partial charge in [0.15, 0.2) is 5.82 Å². The van der Waals surface area contributed by atoms with E-state index in [2.05, 4.69) is 20.2 Å². The van der Waals surface area contributed by atoms with E-state index in [0.717, 1.165) is 45.6 Å². The third-order valence-corrected chi connectivity index (χ3v) is 7.64. The van der Waals surface area contributed by atoms with Gasteiger partial charge in [0.1, 0.15) is 5.52 Å². The smallest absolute Gasteiger partial charge is 0.407 e. The van der Waals surface area contributed by atoms with Gasteiger partial charge in [-0.15, -0.1) is 0 Å². The molecule has 0 bridgehead atoms. The molecule has 3 saturated heterocycles. The number of amides is 3. The van der Waals surface area contributed by atoms with Crippen molar-refractivity contribution in [3.8, 4) is 0 Å². The number of aryl methyl sites for hydroxylation is 1. The van der Waals surface area contributed by atoms with E-state index in [1.54, 1.807) is 13.1 Å². The van der Waals surface area contributed by atoms with Gasteiger partial charge < -0.3 is 14.9 Å². The minimum absolute atomic E-state index is 0.249. The minimum atomic E-state index is -0.852. The minimum Gasteiger partial charge on any atom is -0.465 e. The number of imide groups is 1. The highest BCUT2D eigenvalue weighted by atomic mass is 19.1. The molecule has 1 aromatic carbocycles. The fraction of sp³-hybridized carbons (Fsp3) is 0.583. The van der Waals surface area contributed by atoms with E-state index in [1.807, 2.05) is 6.07 Å². The molecule has 2 aromatic rings. The van der Waals surface area contributed by atoms with Crippen LogP contribution in [-0.2, 0) is 16.6 Å². The molecular weight excluding hydrogens is 455 g/mol. The zero-order valence-electron chi connectivity index (χ0n) is 19.9. The number of carbonyl (C=O) groups is 3. The van der Waals surface area contributed by atoms with E-state index >= 15 is 4.39 Å². The number of carbonyl (C=O) groups excluding carboxylic acids is 2. The molecule has 0 radical (unpaired) electrons. The number of piperidine rings is 2. The highest BCUT2D eigenvalue weighted by molar-refractivity contribution is 6.02. The van der Waals surface area contributed by atoms with E-state index in [-0.39, 0.29) is 24.1 Å². The van der Waals surface area contributed by atoms with Crippen molar-refractivity contribution < 1.29 is 23.9 Å². The first-order valence-electron chi connectivity index (χ1n) is 12.3. The number of halogens is 1. The third kappa shape index (κ3) is 4.56. The van der Waals surface area contributed by atoms with E-state index < -0.39 is 12.0 Å². The molecule has 5 rings (SSSR count). The number of carboxylic acid groups (broad SMARTS) is 1. The number of nitrogens with zero attached hydrogens (tertiary/aromatic N) is 5. The summed E-state index contributed by atoms with van der Waals surface area (Å²) in [6.07, 6.45) is 1.67. The van der Waals surface area contributed by atoms with Crippen molar-refractivity contribution in [1.29, 1.82) is 0 Å². The Morgan fingerprint density at radius 2 is 1.83 bits per heavy atom. The maximum atomic E-state index is 15.7. The summed E-state index contributed by atoms with van der Waals surface area (Å²) in [5, 5.41) is 16.6. The Labute approximate surface area is 202 Å². The molecule has 35 heavy (non-hydrogen) atoms. The molecule has 0 saturated carbocycles. The van der Waals surface area contributed by atoms with Crippen molar-refractivity contribution >= 4 is 34.5 Å². The number of nitrogens with one attached hydrogen (secondary N) is 1. The predicted octanol–water partition coefficient (Wildman–Crippen LogP) is 1.74. The first kappa shape index (κ1) is 23.5. The number of benzene rings is 1. The molecule has 10 nitrogen and oxygen atoms in total. The van der Waals surface area contributed by atoms with Crippen LogP contribution in [0.3, 0.4) is 0 Å². The van der Waals surface area contributed by atoms with Gasteiger partial charge in [-0.05, 0) is 37.3 Å². The van der Waals surface area contributed by atoms with Gasteiger partial charge in [-0.3, -0.25) is 24.5 Å². The average Bonchev–Trinajstić information content (AvgIpc) is 3.17. The first-order valence-corrected chi connectivity index (χ1v) is 12.3. The molecule has 3 aliphatic rings. The lowest BCUT2D eigenvalue weighted by atomic mass is 9.92. The maximum absolute atomic E-state index is 15.7. The summed E-state index contributed by atoms with van der Waals surface area (Å²) in [7, 11) is 1.68. The molecule has 0 spiro atoms. The van der Waals surface area contributed by atoms with Crippen LogP contribution in [0, 0.1) is 11.7 Å². The van der Waals surface area contributed by atoms with Gasteiger partial charge in [0, 0.05) is 64.7 Å². The Bertz CT molecular complexity index is 1150. The number of fused-ring (bicyclic) bond motifs is 1. The second kappa shape index (κ2) is 9.44. The van der Waals surface area contributed by atoms with Crippen molar-refractivity contribution in [2.24, 2.45) is 13.0 Å². The Hall–Kier alpha value is -3.21. The molecular formula is C24H31FN6O4. The summed E-state index contributed by atoms with van der Waals surface area (Å²) in [6, 6.07) is 3.62. The van der Waals surface area contributed by atoms with Gasteiger partial charge in [-0.1, -0.05) is 0 Å². The van der Waals surface area contributed by atoms with Crippen molar-refractivity contribution in [2.75, 3.05) is 50.7 Å². The number of hydrogen-bond acceptors (Lipinski definition) is 6. The summed E-state index contributed by atoms with van der Waals surface area (Å²) in [5.41, 5.74) is 1.43. The Morgan fingerprint density at radius 1 is 1.11 bits per heavy atom. The molecule has 188 valence electrons. The summed E-state index contributed by atoms with van der Waals surface area (Å²) in [4.78, 5) is 40.8. The molecule has 1 unspecified atom stereocenters. The van der Waals surface area contributed by atoms with Crippen LogP contribution >= 0.6 is 0 Å². The van der Waals surface area contributed by atoms with Gasteiger partial charge in [-0.25, -0.2) is 9.18 Å². The predicted molar refractivity (Wildman–Crippen MR) is 127 cm³/mol. The van der Waals surface area contributed by atoms with Gasteiger partial charge in [0.05, 0.1) is 17.3 Å². The standard InChI is InChI=1S/C24H31FN6O4/c1-28-22-16(21(27-28)17-3-5-19(32)26-23(17)33)2-4-18(20(22)25)30-8-6-15(7-9-30)14-29-10-12-31(13-11-29)24(34)35/h2,4,15,17H,3,5-14H2,1H3,(H,34,35)(H,26,32,33). The molecule has 2 N–H and O–H groups in total. The number of piperazine rings is 1. The van der Waals surface area contributed by atoms with Crippen LogP contribution in [-0.4, -0.2) is 88.4 Å². The zero-order chi connectivity index (χ0) is 24.7. The van der Waals surface area contributed by atoms with Crippen LogP contribution in [0.5, 0.6) is 0 Å². The third-order valence-electron chi connectivity index (χ3n) is 7.64. The molecule has 4 heterocycles. The Morgan fingerprint density at radius 3 is 2.49 bits per heavy atom. The van der Waals surface area contributed by atoms with Gasteiger partial charge in [0.25, 0.3) is 0 Å². The lowest BCUT2D eigenvalue weighted by Crippen LogP contribution is -2.50. The summed E-state index contributed by atoms with van der Waals surface area (Å²) < 4.78 is 17.2. The first-order chi connectivity index (χ1) is 16.8. The molecule has 1 aromatic heterocycles. The second-order valence-corrected chi connectivity index (χ2v) is 9.81. The second-order valence-electron chi connectivity index (χ2n) is 9.81. The number of rotatable bonds is 4. The summed E-state index contributed by atoms with van der Waals surface area (Å²) in [5.74, 6) is -1.05. The fourth-order valence-electron chi connectivity index (χ4n) is 5.64. The van der Waals surface area contributed by atoms with Crippen molar-refractivity contribution in [2.45, 2.75) is 31.6 Å². The molecule has 11 heteroatoms. The van der Waals surface area contributed by atoms with Crippen LogP contribution in [0.4, 0.5) is 14.9 Å². The fourth-order valence-corrected chi connectivity index (χ4v) is 5.64. The van der Waals surface area contributed by atoms with Crippen LogP contribution < -0.4 is 10.2 Å². The van der Waals surface area contributed by atoms with Crippen LogP contribution in [0.15, 0.2) is 12.1 Å². The lowest BCUT2D eigenvalue weighted by Gasteiger charge is -2.38. The number of hydrogen-bond donors (Lipinski definition) is 2. The van der Waals surface area contributed by atoms with Crippen molar-refractivity contribution in [1.82, 2.24) is 24.9 Å². The molecule has 1 atom stereocenters. The monoisotopic (exact) mass is 486 g/mol. The van der Waals surface area contributed by atoms with E-state index in [0.29, 0.717) is 47.7 Å². The normalized spacial score (nSPS) is 22.6. The largest absolute Gasteiger partial charge is 0.465 e. The van der Waals surface area contributed by atoms with E-state index in [1.165, 1.54) is 9.58 Å². The number of anilines is 1. The highest BCUT2D eigenvalue weighted by Crippen LogP contribution is 2.35. The molecule has 3 fully saturated rings. The van der Waals surface area contributed by atoms with Crippen molar-refractivity contribution in [3.63, 3.8) is 0 Å². The lowest BCUT2D eigenvalue weighted by molar-refractivity contribution is -0.134. The highest BCUT2D eigenvalue weighted by Gasteiger charge is 2.33. The average molecular weight is 487 g/mol. The van der Waals surface area contributed by atoms with Crippen molar-refractivity contribution in [3.05, 3.63) is 23.6 Å².